The summed E-state index contributed by atoms with van der Waals surface area (Å²) in [6.07, 6.45) is 1.46. The summed E-state index contributed by atoms with van der Waals surface area (Å²) in [5.74, 6) is 0.00739. The Labute approximate surface area is 102 Å². The highest BCUT2D eigenvalue weighted by Crippen LogP contribution is 2.17. The summed E-state index contributed by atoms with van der Waals surface area (Å²) in [7, 11) is 0. The van der Waals surface area contributed by atoms with E-state index >= 15 is 0 Å². The van der Waals surface area contributed by atoms with Gasteiger partial charge < -0.3 is 5.11 Å². The van der Waals surface area contributed by atoms with Gasteiger partial charge in [0.2, 0.25) is 5.13 Å². The maximum atomic E-state index is 10.9. The van der Waals surface area contributed by atoms with Gasteiger partial charge in [0.25, 0.3) is 0 Å². The van der Waals surface area contributed by atoms with Crippen molar-refractivity contribution in [2.45, 2.75) is 26.7 Å². The minimum atomic E-state index is -0.984. The summed E-state index contributed by atoms with van der Waals surface area (Å²) in [4.78, 5) is 15.2. The summed E-state index contributed by atoms with van der Waals surface area (Å²) in [5, 5.41) is 13.6. The Morgan fingerprint density at radius 1 is 1.53 bits per heavy atom. The quantitative estimate of drug-likeness (QED) is 0.901. The number of nitrogens with zero attached hydrogens (tertiary/aromatic N) is 4. The van der Waals surface area contributed by atoms with Gasteiger partial charge in [-0.1, -0.05) is 13.8 Å². The van der Waals surface area contributed by atoms with Crippen molar-refractivity contribution >= 4 is 17.5 Å². The molecular weight excluding hydrogens is 240 g/mol. The normalized spacial score (nSPS) is 11.1. The average Bonchev–Trinajstić information content (AvgIpc) is 2.82. The highest BCUT2D eigenvalue weighted by molar-refractivity contribution is 7.08. The first-order chi connectivity index (χ1) is 7.99. The van der Waals surface area contributed by atoms with Crippen molar-refractivity contribution in [3.8, 4) is 5.13 Å². The smallest absolute Gasteiger partial charge is 0.339 e. The molecule has 2 aromatic rings. The first kappa shape index (κ1) is 11.7. The van der Waals surface area contributed by atoms with E-state index in [-0.39, 0.29) is 11.5 Å². The molecule has 1 N–H and O–H groups in total. The molecule has 0 aliphatic carbocycles. The van der Waals surface area contributed by atoms with Crippen LogP contribution in [0.1, 0.15) is 41.6 Å². The van der Waals surface area contributed by atoms with E-state index < -0.39 is 5.97 Å². The molecule has 90 valence electrons. The van der Waals surface area contributed by atoms with Gasteiger partial charge in [0.15, 0.2) is 0 Å². The Morgan fingerprint density at radius 2 is 2.24 bits per heavy atom. The van der Waals surface area contributed by atoms with Crippen LogP contribution in [-0.4, -0.2) is 30.2 Å². The van der Waals surface area contributed by atoms with Crippen molar-refractivity contribution in [1.82, 2.24) is 19.1 Å². The number of carbonyl (C=O) groups is 1. The Morgan fingerprint density at radius 3 is 2.71 bits per heavy atom. The molecular formula is C10H12N4O2S. The molecule has 6 nitrogen and oxygen atoms in total. The van der Waals surface area contributed by atoms with Crippen molar-refractivity contribution in [3.05, 3.63) is 23.3 Å². The zero-order valence-corrected chi connectivity index (χ0v) is 10.5. The van der Waals surface area contributed by atoms with Gasteiger partial charge in [-0.3, -0.25) is 0 Å². The zero-order chi connectivity index (χ0) is 12.6. The van der Waals surface area contributed by atoms with Crippen LogP contribution < -0.4 is 0 Å². The van der Waals surface area contributed by atoms with Crippen LogP contribution in [0, 0.1) is 6.92 Å². The lowest BCUT2D eigenvalue weighted by atomic mass is 10.2. The van der Waals surface area contributed by atoms with Gasteiger partial charge in [0.1, 0.15) is 11.4 Å². The SMILES string of the molecule is Cc1nn(-c2nc(C(C)C)ns2)cc1C(=O)O. The minimum Gasteiger partial charge on any atom is -0.478 e. The number of carboxylic acid groups (broad SMARTS) is 1. The standard InChI is InChI=1S/C10H12N4O2S/c1-5(2)8-11-10(17-13-8)14-4-7(9(15)16)6(3)12-14/h4-5H,1-3H3,(H,15,16). The molecule has 0 unspecified atom stereocenters. The van der Waals surface area contributed by atoms with Gasteiger partial charge in [-0.15, -0.1) is 0 Å². The van der Waals surface area contributed by atoms with Crippen LogP contribution in [0.25, 0.3) is 5.13 Å². The first-order valence-electron chi connectivity index (χ1n) is 5.12. The van der Waals surface area contributed by atoms with E-state index in [4.69, 9.17) is 5.11 Å². The van der Waals surface area contributed by atoms with Crippen LogP contribution >= 0.6 is 11.5 Å². The van der Waals surface area contributed by atoms with Crippen LogP contribution in [-0.2, 0) is 0 Å². The predicted octanol–water partition coefficient (Wildman–Crippen LogP) is 1.85. The number of aromatic carboxylic acids is 1. The molecule has 2 rings (SSSR count). The average molecular weight is 252 g/mol. The van der Waals surface area contributed by atoms with E-state index in [1.165, 1.54) is 22.4 Å². The lowest BCUT2D eigenvalue weighted by molar-refractivity contribution is 0.0696. The number of aromatic nitrogens is 4. The van der Waals surface area contributed by atoms with Crippen LogP contribution in [0.3, 0.4) is 0 Å². The summed E-state index contributed by atoms with van der Waals surface area (Å²) < 4.78 is 5.66. The highest BCUT2D eigenvalue weighted by atomic mass is 32.1. The van der Waals surface area contributed by atoms with E-state index in [1.807, 2.05) is 13.8 Å². The molecule has 0 amide bonds. The molecule has 0 spiro atoms. The zero-order valence-electron chi connectivity index (χ0n) is 9.71. The van der Waals surface area contributed by atoms with Gasteiger partial charge >= 0.3 is 5.97 Å². The van der Waals surface area contributed by atoms with Gasteiger partial charge in [-0.05, 0) is 6.92 Å². The monoisotopic (exact) mass is 252 g/mol. The molecule has 2 heterocycles. The maximum Gasteiger partial charge on any atom is 0.339 e. The summed E-state index contributed by atoms with van der Waals surface area (Å²) in [5.41, 5.74) is 0.657. The number of aryl methyl sites for hydroxylation is 1. The third kappa shape index (κ3) is 2.19. The van der Waals surface area contributed by atoms with E-state index in [2.05, 4.69) is 14.5 Å². The second kappa shape index (κ2) is 4.25. The van der Waals surface area contributed by atoms with Crippen molar-refractivity contribution in [1.29, 1.82) is 0 Å². The summed E-state index contributed by atoms with van der Waals surface area (Å²) in [6, 6.07) is 0. The molecule has 0 aliphatic heterocycles. The number of hydrogen-bond acceptors (Lipinski definition) is 5. The van der Waals surface area contributed by atoms with Crippen molar-refractivity contribution in [3.63, 3.8) is 0 Å². The third-order valence-corrected chi connectivity index (χ3v) is 2.99. The van der Waals surface area contributed by atoms with Crippen molar-refractivity contribution in [2.75, 3.05) is 0 Å². The first-order valence-corrected chi connectivity index (χ1v) is 5.90. The molecule has 0 saturated heterocycles. The fourth-order valence-corrected chi connectivity index (χ4v) is 2.06. The van der Waals surface area contributed by atoms with Crippen molar-refractivity contribution < 1.29 is 9.90 Å². The Hall–Kier alpha value is -1.76. The largest absolute Gasteiger partial charge is 0.478 e. The topological polar surface area (TPSA) is 80.9 Å². The van der Waals surface area contributed by atoms with E-state index in [1.54, 1.807) is 6.92 Å². The molecule has 17 heavy (non-hydrogen) atoms. The maximum absolute atomic E-state index is 10.9. The van der Waals surface area contributed by atoms with Crippen LogP contribution in [0.5, 0.6) is 0 Å². The second-order valence-corrected chi connectivity index (χ2v) is 4.70. The molecule has 2 aromatic heterocycles. The van der Waals surface area contributed by atoms with Crippen LogP contribution in [0.2, 0.25) is 0 Å². The van der Waals surface area contributed by atoms with Gasteiger partial charge in [0.05, 0.1) is 5.69 Å². The number of carboxylic acids is 1. The fraction of sp³-hybridized carbons (Fsp3) is 0.400. The van der Waals surface area contributed by atoms with Gasteiger partial charge in [-0.2, -0.15) is 9.47 Å². The highest BCUT2D eigenvalue weighted by Gasteiger charge is 2.15. The van der Waals surface area contributed by atoms with E-state index in [9.17, 15) is 4.79 Å². The second-order valence-electron chi connectivity index (χ2n) is 3.97. The third-order valence-electron chi connectivity index (χ3n) is 2.27. The number of rotatable bonds is 3. The Kier molecular flexibility index (Phi) is 2.93. The van der Waals surface area contributed by atoms with Gasteiger partial charge in [0, 0.05) is 23.6 Å². The van der Waals surface area contributed by atoms with Crippen molar-refractivity contribution in [2.24, 2.45) is 0 Å². The van der Waals surface area contributed by atoms with Gasteiger partial charge in [-0.25, -0.2) is 14.5 Å². The Bertz CT molecular complexity index is 558. The van der Waals surface area contributed by atoms with E-state index in [0.717, 1.165) is 5.82 Å². The van der Waals surface area contributed by atoms with Crippen LogP contribution in [0.15, 0.2) is 6.20 Å². The van der Waals surface area contributed by atoms with E-state index in [0.29, 0.717) is 10.8 Å². The molecule has 0 radical (unpaired) electrons. The minimum absolute atomic E-state index is 0.186. The summed E-state index contributed by atoms with van der Waals surface area (Å²) in [6.45, 7) is 5.66. The molecule has 0 fully saturated rings. The fourth-order valence-electron chi connectivity index (χ4n) is 1.32. The summed E-state index contributed by atoms with van der Waals surface area (Å²) >= 11 is 1.21. The molecule has 0 atom stereocenters. The number of hydrogen-bond donors (Lipinski definition) is 1. The van der Waals surface area contributed by atoms with Crippen LogP contribution in [0.4, 0.5) is 0 Å². The lowest BCUT2D eigenvalue weighted by Crippen LogP contribution is -1.96. The molecule has 0 bridgehead atoms. The Balaban J connectivity index is 2.39. The molecule has 0 saturated carbocycles. The molecule has 0 aromatic carbocycles. The molecule has 7 heteroatoms. The lowest BCUT2D eigenvalue weighted by Gasteiger charge is -1.95. The molecule has 0 aliphatic rings. The predicted molar refractivity (Wildman–Crippen MR) is 62.8 cm³/mol.